The summed E-state index contributed by atoms with van der Waals surface area (Å²) >= 11 is 0. The molecule has 106 valence electrons. The van der Waals surface area contributed by atoms with Crippen molar-refractivity contribution in [2.75, 3.05) is 19.8 Å². The van der Waals surface area contributed by atoms with Crippen LogP contribution in [0.5, 0.6) is 11.5 Å². The number of aryl methyl sites for hydroxylation is 1. The van der Waals surface area contributed by atoms with Gasteiger partial charge in [0.2, 0.25) is 0 Å². The van der Waals surface area contributed by atoms with Crippen molar-refractivity contribution < 1.29 is 9.47 Å². The quantitative estimate of drug-likeness (QED) is 0.839. The first-order valence-corrected chi connectivity index (χ1v) is 6.89. The molecule has 0 radical (unpaired) electrons. The van der Waals surface area contributed by atoms with Gasteiger partial charge in [-0.1, -0.05) is 12.1 Å². The van der Waals surface area contributed by atoms with E-state index in [1.165, 1.54) is 0 Å². The number of para-hydroxylation sites is 1. The zero-order valence-electron chi connectivity index (χ0n) is 11.6. The lowest BCUT2D eigenvalue weighted by molar-refractivity contribution is 0.169. The van der Waals surface area contributed by atoms with Crippen LogP contribution in [-0.4, -0.2) is 29.3 Å². The molecule has 5 heteroatoms. The maximum Gasteiger partial charge on any atom is 0.165 e. The number of fused-ring (bicyclic) bond motifs is 1. The molecular weight excluding hydrogens is 254 g/mol. The summed E-state index contributed by atoms with van der Waals surface area (Å²) in [4.78, 5) is 4.31. The summed E-state index contributed by atoms with van der Waals surface area (Å²) in [7, 11) is 2.01. The molecule has 3 rings (SSSR count). The van der Waals surface area contributed by atoms with Crippen molar-refractivity contribution in [2.24, 2.45) is 7.05 Å². The van der Waals surface area contributed by atoms with Gasteiger partial charge in [0.25, 0.3) is 0 Å². The second-order valence-electron chi connectivity index (χ2n) is 4.82. The molecule has 20 heavy (non-hydrogen) atoms. The van der Waals surface area contributed by atoms with Crippen LogP contribution in [0.1, 0.15) is 11.4 Å². The fourth-order valence-electron chi connectivity index (χ4n) is 2.33. The highest BCUT2D eigenvalue weighted by Gasteiger charge is 2.14. The van der Waals surface area contributed by atoms with Gasteiger partial charge < -0.3 is 19.4 Å². The Kier molecular flexibility index (Phi) is 3.87. The van der Waals surface area contributed by atoms with E-state index in [0.29, 0.717) is 13.2 Å². The molecule has 1 aromatic heterocycles. The number of hydrogen-bond acceptors (Lipinski definition) is 4. The van der Waals surface area contributed by atoms with Crippen molar-refractivity contribution in [1.82, 2.24) is 14.9 Å². The predicted octanol–water partition coefficient (Wildman–Crippen LogP) is 1.52. The summed E-state index contributed by atoms with van der Waals surface area (Å²) < 4.78 is 13.3. The molecular formula is C15H19N3O2. The van der Waals surface area contributed by atoms with Crippen LogP contribution in [-0.2, 0) is 20.0 Å². The summed E-state index contributed by atoms with van der Waals surface area (Å²) in [6, 6.07) is 6.02. The van der Waals surface area contributed by atoms with Gasteiger partial charge in [0.05, 0.1) is 0 Å². The highest BCUT2D eigenvalue weighted by molar-refractivity contribution is 5.47. The third-order valence-corrected chi connectivity index (χ3v) is 3.41. The molecule has 0 spiro atoms. The number of benzene rings is 1. The lowest BCUT2D eigenvalue weighted by atomic mass is 10.1. The van der Waals surface area contributed by atoms with Gasteiger partial charge >= 0.3 is 0 Å². The van der Waals surface area contributed by atoms with Gasteiger partial charge in [-0.05, 0) is 6.07 Å². The minimum atomic E-state index is 0.622. The molecule has 1 aliphatic heterocycles. The van der Waals surface area contributed by atoms with Gasteiger partial charge in [-0.15, -0.1) is 0 Å². The fourth-order valence-corrected chi connectivity index (χ4v) is 2.33. The lowest BCUT2D eigenvalue weighted by Crippen LogP contribution is -2.21. The number of aromatic nitrogens is 2. The van der Waals surface area contributed by atoms with Gasteiger partial charge in [-0.2, -0.15) is 0 Å². The van der Waals surface area contributed by atoms with Gasteiger partial charge in [0.1, 0.15) is 19.0 Å². The molecule has 0 fully saturated rings. The number of nitrogens with one attached hydrogen (secondary N) is 1. The molecule has 0 atom stereocenters. The summed E-state index contributed by atoms with van der Waals surface area (Å²) in [6.07, 6.45) is 4.71. The fraction of sp³-hybridized carbons (Fsp3) is 0.400. The van der Waals surface area contributed by atoms with Crippen molar-refractivity contribution in [3.8, 4) is 11.5 Å². The molecule has 2 heterocycles. The van der Waals surface area contributed by atoms with Gasteiger partial charge in [-0.25, -0.2) is 4.98 Å². The first kappa shape index (κ1) is 13.0. The highest BCUT2D eigenvalue weighted by atomic mass is 16.6. The molecule has 0 unspecified atom stereocenters. The predicted molar refractivity (Wildman–Crippen MR) is 76.1 cm³/mol. The van der Waals surface area contributed by atoms with E-state index in [0.717, 1.165) is 42.4 Å². The van der Waals surface area contributed by atoms with Crippen LogP contribution in [0.25, 0.3) is 0 Å². The number of ether oxygens (including phenoxy) is 2. The molecule has 5 nitrogen and oxygen atoms in total. The average Bonchev–Trinajstić information content (AvgIpc) is 2.89. The first-order chi connectivity index (χ1) is 9.84. The maximum atomic E-state index is 5.70. The Bertz CT molecular complexity index is 580. The second-order valence-corrected chi connectivity index (χ2v) is 4.82. The molecule has 1 aliphatic rings. The molecule has 1 N–H and O–H groups in total. The Morgan fingerprint density at radius 2 is 2.20 bits per heavy atom. The zero-order chi connectivity index (χ0) is 13.8. The zero-order valence-corrected chi connectivity index (χ0v) is 11.6. The molecule has 0 saturated heterocycles. The van der Waals surface area contributed by atoms with E-state index < -0.39 is 0 Å². The van der Waals surface area contributed by atoms with Crippen LogP contribution < -0.4 is 14.8 Å². The van der Waals surface area contributed by atoms with Crippen LogP contribution in [0.2, 0.25) is 0 Å². The van der Waals surface area contributed by atoms with E-state index in [-0.39, 0.29) is 0 Å². The highest BCUT2D eigenvalue weighted by Crippen LogP contribution is 2.33. The van der Waals surface area contributed by atoms with E-state index in [1.54, 1.807) is 0 Å². The SMILES string of the molecule is Cn1ccnc1CCNCc1cccc2c1OCCO2. The number of rotatable bonds is 5. The lowest BCUT2D eigenvalue weighted by Gasteiger charge is -2.21. The van der Waals surface area contributed by atoms with Crippen LogP contribution in [0.4, 0.5) is 0 Å². The minimum absolute atomic E-state index is 0.622. The number of imidazole rings is 1. The Labute approximate surface area is 118 Å². The Hall–Kier alpha value is -2.01. The Morgan fingerprint density at radius 3 is 3.05 bits per heavy atom. The normalized spacial score (nSPS) is 13.4. The van der Waals surface area contributed by atoms with Crippen molar-refractivity contribution >= 4 is 0 Å². The van der Waals surface area contributed by atoms with E-state index in [2.05, 4.69) is 16.4 Å². The van der Waals surface area contributed by atoms with Crippen molar-refractivity contribution in [1.29, 1.82) is 0 Å². The Balaban J connectivity index is 1.55. The van der Waals surface area contributed by atoms with Crippen LogP contribution >= 0.6 is 0 Å². The smallest absolute Gasteiger partial charge is 0.165 e. The number of hydrogen-bond donors (Lipinski definition) is 1. The summed E-state index contributed by atoms with van der Waals surface area (Å²) in [5, 5.41) is 3.43. The standard InChI is InChI=1S/C15H19N3O2/c1-18-8-7-17-14(18)5-6-16-11-12-3-2-4-13-15(12)20-10-9-19-13/h2-4,7-8,16H,5-6,9-11H2,1H3. The van der Waals surface area contributed by atoms with Crippen molar-refractivity contribution in [3.63, 3.8) is 0 Å². The van der Waals surface area contributed by atoms with E-state index >= 15 is 0 Å². The third kappa shape index (κ3) is 2.77. The van der Waals surface area contributed by atoms with Crippen LogP contribution in [0.15, 0.2) is 30.6 Å². The molecule has 0 bridgehead atoms. The molecule has 0 aliphatic carbocycles. The third-order valence-electron chi connectivity index (χ3n) is 3.41. The van der Waals surface area contributed by atoms with E-state index in [9.17, 15) is 0 Å². The summed E-state index contributed by atoms with van der Waals surface area (Å²) in [5.74, 6) is 2.81. The van der Waals surface area contributed by atoms with Gasteiger partial charge in [0, 0.05) is 44.5 Å². The monoisotopic (exact) mass is 273 g/mol. The van der Waals surface area contributed by atoms with Gasteiger partial charge in [-0.3, -0.25) is 0 Å². The second kappa shape index (κ2) is 5.96. The van der Waals surface area contributed by atoms with Gasteiger partial charge in [0.15, 0.2) is 11.5 Å². The molecule has 2 aromatic rings. The molecule has 1 aromatic carbocycles. The van der Waals surface area contributed by atoms with Crippen LogP contribution in [0.3, 0.4) is 0 Å². The number of nitrogens with zero attached hydrogens (tertiary/aromatic N) is 2. The average molecular weight is 273 g/mol. The van der Waals surface area contributed by atoms with Crippen LogP contribution in [0, 0.1) is 0 Å². The summed E-state index contributed by atoms with van der Waals surface area (Å²) in [5.41, 5.74) is 1.14. The largest absolute Gasteiger partial charge is 0.486 e. The van der Waals surface area contributed by atoms with Crippen molar-refractivity contribution in [3.05, 3.63) is 42.0 Å². The molecule has 0 amide bonds. The van der Waals surface area contributed by atoms with E-state index in [1.807, 2.05) is 36.1 Å². The minimum Gasteiger partial charge on any atom is -0.486 e. The topological polar surface area (TPSA) is 48.3 Å². The summed E-state index contributed by atoms with van der Waals surface area (Å²) in [6.45, 7) is 2.91. The molecule has 0 saturated carbocycles. The first-order valence-electron chi connectivity index (χ1n) is 6.89. The van der Waals surface area contributed by atoms with E-state index in [4.69, 9.17) is 9.47 Å². The van der Waals surface area contributed by atoms with Crippen molar-refractivity contribution in [2.45, 2.75) is 13.0 Å². The Morgan fingerprint density at radius 1 is 1.30 bits per heavy atom. The maximum absolute atomic E-state index is 5.70.